The molecular formula is C24H24O3. The van der Waals surface area contributed by atoms with Gasteiger partial charge in [0, 0.05) is 5.41 Å². The van der Waals surface area contributed by atoms with Crippen LogP contribution in [-0.4, -0.2) is 13.1 Å². The Labute approximate surface area is 160 Å². The predicted molar refractivity (Wildman–Crippen MR) is 107 cm³/mol. The lowest BCUT2D eigenvalue weighted by molar-refractivity contribution is -0.133. The van der Waals surface area contributed by atoms with Gasteiger partial charge in [0.15, 0.2) is 0 Å². The molecule has 0 N–H and O–H groups in total. The molecule has 0 atom stereocenters. The summed E-state index contributed by atoms with van der Waals surface area (Å²) in [7, 11) is 1.62. The van der Waals surface area contributed by atoms with Crippen LogP contribution in [0.1, 0.15) is 30.5 Å². The zero-order valence-corrected chi connectivity index (χ0v) is 15.9. The van der Waals surface area contributed by atoms with Gasteiger partial charge in [0.05, 0.1) is 13.5 Å². The topological polar surface area (TPSA) is 35.5 Å². The second-order valence-corrected chi connectivity index (χ2v) is 7.01. The molecule has 3 aromatic carbocycles. The first-order valence-corrected chi connectivity index (χ1v) is 8.99. The normalized spacial score (nSPS) is 11.1. The number of benzene rings is 3. The van der Waals surface area contributed by atoms with Gasteiger partial charge in [-0.1, -0.05) is 68.4 Å². The van der Waals surface area contributed by atoms with Crippen LogP contribution < -0.4 is 9.47 Å². The minimum atomic E-state index is -0.282. The van der Waals surface area contributed by atoms with Gasteiger partial charge in [0.25, 0.3) is 0 Å². The molecule has 0 aliphatic carbocycles. The quantitative estimate of drug-likeness (QED) is 0.449. The number of hydrogen-bond acceptors (Lipinski definition) is 3. The van der Waals surface area contributed by atoms with E-state index in [4.69, 9.17) is 9.47 Å². The summed E-state index contributed by atoms with van der Waals surface area (Å²) in [6.07, 6.45) is 0.223. The van der Waals surface area contributed by atoms with Crippen molar-refractivity contribution in [1.29, 1.82) is 0 Å². The largest absolute Gasteiger partial charge is 0.497 e. The molecule has 0 aliphatic heterocycles. The van der Waals surface area contributed by atoms with Crippen LogP contribution in [0.5, 0.6) is 11.5 Å². The van der Waals surface area contributed by atoms with Crippen molar-refractivity contribution in [3.63, 3.8) is 0 Å². The van der Waals surface area contributed by atoms with Crippen molar-refractivity contribution in [2.45, 2.75) is 25.7 Å². The molecule has 0 fully saturated rings. The Kier molecular flexibility index (Phi) is 5.60. The Morgan fingerprint density at radius 1 is 0.778 bits per heavy atom. The first kappa shape index (κ1) is 18.7. The van der Waals surface area contributed by atoms with E-state index in [2.05, 4.69) is 26.0 Å². The summed E-state index contributed by atoms with van der Waals surface area (Å²) in [6.45, 7) is 4.38. The highest BCUT2D eigenvalue weighted by atomic mass is 16.5. The molecule has 0 heterocycles. The van der Waals surface area contributed by atoms with Crippen LogP contribution >= 0.6 is 0 Å². The van der Waals surface area contributed by atoms with E-state index in [0.717, 1.165) is 11.3 Å². The van der Waals surface area contributed by atoms with Gasteiger partial charge < -0.3 is 9.47 Å². The van der Waals surface area contributed by atoms with E-state index in [-0.39, 0.29) is 17.8 Å². The summed E-state index contributed by atoms with van der Waals surface area (Å²) < 4.78 is 10.6. The van der Waals surface area contributed by atoms with Crippen LogP contribution in [0.25, 0.3) is 0 Å². The molecule has 0 saturated carbocycles. The first-order valence-electron chi connectivity index (χ1n) is 8.99. The number of carbonyl (C=O) groups excluding carboxylic acids is 1. The van der Waals surface area contributed by atoms with E-state index in [1.54, 1.807) is 7.11 Å². The fourth-order valence-electron chi connectivity index (χ4n) is 3.04. The average Bonchev–Trinajstić information content (AvgIpc) is 2.69. The smallest absolute Gasteiger partial charge is 0.315 e. The molecule has 0 unspecified atom stereocenters. The number of methoxy groups -OCH3 is 1. The zero-order valence-electron chi connectivity index (χ0n) is 15.9. The maximum atomic E-state index is 12.2. The fourth-order valence-corrected chi connectivity index (χ4v) is 3.04. The van der Waals surface area contributed by atoms with Gasteiger partial charge in [0.1, 0.15) is 11.5 Å². The van der Waals surface area contributed by atoms with Crippen LogP contribution in [0.4, 0.5) is 0 Å². The molecular weight excluding hydrogens is 336 g/mol. The molecule has 3 rings (SSSR count). The highest BCUT2D eigenvalue weighted by Gasteiger charge is 2.22. The molecule has 3 nitrogen and oxygen atoms in total. The predicted octanol–water partition coefficient (Wildman–Crippen LogP) is 5.17. The second kappa shape index (κ2) is 8.09. The van der Waals surface area contributed by atoms with Gasteiger partial charge in [-0.2, -0.15) is 0 Å². The molecule has 0 saturated heterocycles. The van der Waals surface area contributed by atoms with Crippen molar-refractivity contribution in [3.05, 3.63) is 95.6 Å². The van der Waals surface area contributed by atoms with E-state index >= 15 is 0 Å². The Hall–Kier alpha value is -3.07. The zero-order chi connectivity index (χ0) is 19.3. The van der Waals surface area contributed by atoms with Crippen LogP contribution in [0, 0.1) is 0 Å². The van der Waals surface area contributed by atoms with Gasteiger partial charge in [-0.05, 0) is 41.0 Å². The lowest BCUT2D eigenvalue weighted by atomic mass is 9.78. The van der Waals surface area contributed by atoms with E-state index in [1.807, 2.05) is 66.7 Å². The summed E-state index contributed by atoms with van der Waals surface area (Å²) in [5.74, 6) is 1.04. The molecule has 3 aromatic rings. The maximum absolute atomic E-state index is 12.2. The summed E-state index contributed by atoms with van der Waals surface area (Å²) >= 11 is 0. The van der Waals surface area contributed by atoms with Crippen molar-refractivity contribution in [2.75, 3.05) is 7.11 Å². The van der Waals surface area contributed by atoms with Crippen LogP contribution in [0.3, 0.4) is 0 Å². The highest BCUT2D eigenvalue weighted by Crippen LogP contribution is 2.32. The van der Waals surface area contributed by atoms with Crippen molar-refractivity contribution in [2.24, 2.45) is 0 Å². The number of esters is 1. The minimum Gasteiger partial charge on any atom is -0.497 e. The van der Waals surface area contributed by atoms with Gasteiger partial charge in [-0.3, -0.25) is 4.79 Å². The van der Waals surface area contributed by atoms with Gasteiger partial charge >= 0.3 is 5.97 Å². The van der Waals surface area contributed by atoms with E-state index in [1.165, 1.54) is 11.1 Å². The summed E-state index contributed by atoms with van der Waals surface area (Å²) in [4.78, 5) is 12.2. The van der Waals surface area contributed by atoms with Crippen LogP contribution in [0.2, 0.25) is 0 Å². The van der Waals surface area contributed by atoms with Crippen molar-refractivity contribution >= 4 is 5.97 Å². The third-order valence-electron chi connectivity index (χ3n) is 4.81. The van der Waals surface area contributed by atoms with Gasteiger partial charge in [0.2, 0.25) is 0 Å². The van der Waals surface area contributed by atoms with Crippen molar-refractivity contribution in [3.8, 4) is 11.5 Å². The highest BCUT2D eigenvalue weighted by molar-refractivity contribution is 5.75. The monoisotopic (exact) mass is 360 g/mol. The summed E-state index contributed by atoms with van der Waals surface area (Å²) in [5, 5.41) is 0. The molecule has 138 valence electrons. The number of carbonyl (C=O) groups is 1. The Balaban J connectivity index is 1.65. The Morgan fingerprint density at radius 2 is 1.33 bits per heavy atom. The Bertz CT molecular complexity index is 879. The number of hydrogen-bond donors (Lipinski definition) is 0. The van der Waals surface area contributed by atoms with Gasteiger partial charge in [-0.25, -0.2) is 0 Å². The lowest BCUT2D eigenvalue weighted by Gasteiger charge is -2.26. The SMILES string of the molecule is COc1ccc(CC(=O)Oc2ccc(C(C)(C)c3ccccc3)cc2)cc1. The molecule has 0 aromatic heterocycles. The third-order valence-corrected chi connectivity index (χ3v) is 4.81. The molecule has 0 amide bonds. The average molecular weight is 360 g/mol. The lowest BCUT2D eigenvalue weighted by Crippen LogP contribution is -2.18. The summed E-state index contributed by atoms with van der Waals surface area (Å²) in [6, 6.07) is 25.5. The number of rotatable bonds is 6. The van der Waals surface area contributed by atoms with Crippen LogP contribution in [0.15, 0.2) is 78.9 Å². The molecule has 0 bridgehead atoms. The molecule has 0 aliphatic rings. The summed E-state index contributed by atoms with van der Waals surface area (Å²) in [5.41, 5.74) is 3.19. The molecule has 0 radical (unpaired) electrons. The standard InChI is InChI=1S/C24H24O3/c1-24(2,19-7-5-4-6-8-19)20-11-15-22(16-12-20)27-23(25)17-18-9-13-21(26-3)14-10-18/h4-16H,17H2,1-3H3. The van der Waals surface area contributed by atoms with Gasteiger partial charge in [-0.15, -0.1) is 0 Å². The Morgan fingerprint density at radius 3 is 1.93 bits per heavy atom. The third kappa shape index (κ3) is 4.56. The fraction of sp³-hybridized carbons (Fsp3) is 0.208. The molecule has 27 heavy (non-hydrogen) atoms. The molecule has 0 spiro atoms. The second-order valence-electron chi connectivity index (χ2n) is 7.01. The maximum Gasteiger partial charge on any atom is 0.315 e. The van der Waals surface area contributed by atoms with E-state index < -0.39 is 0 Å². The first-order chi connectivity index (χ1) is 13.0. The van der Waals surface area contributed by atoms with Crippen LogP contribution in [-0.2, 0) is 16.6 Å². The molecule has 3 heteroatoms. The van der Waals surface area contributed by atoms with Crippen molar-refractivity contribution < 1.29 is 14.3 Å². The van der Waals surface area contributed by atoms with E-state index in [0.29, 0.717) is 5.75 Å². The van der Waals surface area contributed by atoms with E-state index in [9.17, 15) is 4.79 Å². The number of ether oxygens (including phenoxy) is 2. The minimum absolute atomic E-state index is 0.118. The van der Waals surface area contributed by atoms with Crippen molar-refractivity contribution in [1.82, 2.24) is 0 Å².